The van der Waals surface area contributed by atoms with E-state index in [-0.39, 0.29) is 5.91 Å². The van der Waals surface area contributed by atoms with E-state index >= 15 is 0 Å². The second kappa shape index (κ2) is 5.72. The first-order valence-electron chi connectivity index (χ1n) is 6.78. The van der Waals surface area contributed by atoms with Gasteiger partial charge in [0.1, 0.15) is 5.71 Å². The van der Waals surface area contributed by atoms with Crippen LogP contribution in [0.4, 0.5) is 13.2 Å². The lowest BCUT2D eigenvalue weighted by Crippen LogP contribution is -2.41. The number of nitrogens with zero attached hydrogens (tertiary/aromatic N) is 2. The number of aliphatic imine (C=N–C) groups is 1. The van der Waals surface area contributed by atoms with Gasteiger partial charge in [0.25, 0.3) is 5.91 Å². The Kier molecular flexibility index (Phi) is 4.28. The first-order chi connectivity index (χ1) is 10.1. The Bertz CT molecular complexity index is 592. The van der Waals surface area contributed by atoms with E-state index in [0.29, 0.717) is 18.6 Å². The highest BCUT2D eigenvalue weighted by Crippen LogP contribution is 2.29. The van der Waals surface area contributed by atoms with Gasteiger partial charge in [-0.2, -0.15) is 18.2 Å². The molecular weight excluding hydrogens is 297 g/mol. The molecule has 0 fully saturated rings. The molecule has 22 heavy (non-hydrogen) atoms. The molecule has 4 nitrogen and oxygen atoms in total. The monoisotopic (exact) mass is 314 g/mol. The largest absolute Gasteiger partial charge is 0.416 e. The molecule has 0 saturated carbocycles. The predicted molar refractivity (Wildman–Crippen MR) is 75.1 cm³/mol. The number of hydrogen-bond acceptors (Lipinski definition) is 3. The number of carbonyl (C=O) groups is 1. The molecule has 0 aliphatic carbocycles. The summed E-state index contributed by atoms with van der Waals surface area (Å²) in [4.78, 5) is 21.4. The third-order valence-corrected chi connectivity index (χ3v) is 3.45. The Morgan fingerprint density at radius 3 is 2.23 bits per heavy atom. The molecule has 1 aliphatic heterocycles. The number of amides is 1. The number of hydrogen-bond donors (Lipinski definition) is 0. The maximum atomic E-state index is 12.5. The molecule has 7 heteroatoms. The Morgan fingerprint density at radius 1 is 1.18 bits per heavy atom. The summed E-state index contributed by atoms with van der Waals surface area (Å²) in [5, 5.41) is 1.19. The summed E-state index contributed by atoms with van der Waals surface area (Å²) in [5.41, 5.74) is -0.359. The molecule has 120 valence electrons. The van der Waals surface area contributed by atoms with Gasteiger partial charge >= 0.3 is 6.18 Å². The minimum atomic E-state index is -4.34. The van der Waals surface area contributed by atoms with Gasteiger partial charge in [-0.05, 0) is 44.4 Å². The Hall–Kier alpha value is -1.89. The number of alkyl halides is 3. The quantitative estimate of drug-likeness (QED) is 0.856. The average Bonchev–Trinajstić information content (AvgIpc) is 2.65. The molecule has 0 atom stereocenters. The fourth-order valence-electron chi connectivity index (χ4n) is 2.38. The molecule has 0 N–H and O–H groups in total. The van der Waals surface area contributed by atoms with Gasteiger partial charge in [0, 0.05) is 0 Å². The minimum absolute atomic E-state index is 0.306. The molecule has 0 unspecified atom stereocenters. The van der Waals surface area contributed by atoms with E-state index in [1.54, 1.807) is 13.8 Å². The molecule has 0 bridgehead atoms. The van der Waals surface area contributed by atoms with Crippen molar-refractivity contribution in [2.24, 2.45) is 4.99 Å². The van der Waals surface area contributed by atoms with Crippen LogP contribution in [0.2, 0.25) is 0 Å². The average molecular weight is 314 g/mol. The second-order valence-electron chi connectivity index (χ2n) is 5.53. The SMILES string of the molecule is CON1C(=O)C(CCc2ccc(C(F)(F)F)cc2)=NC1(C)C. The Balaban J connectivity index is 2.04. The lowest BCUT2D eigenvalue weighted by atomic mass is 10.0. The van der Waals surface area contributed by atoms with Gasteiger partial charge in [0.2, 0.25) is 0 Å². The van der Waals surface area contributed by atoms with Gasteiger partial charge in [-0.1, -0.05) is 12.1 Å². The zero-order valence-corrected chi connectivity index (χ0v) is 12.6. The van der Waals surface area contributed by atoms with Gasteiger partial charge < -0.3 is 0 Å². The van der Waals surface area contributed by atoms with Crippen molar-refractivity contribution in [3.05, 3.63) is 35.4 Å². The molecule has 1 aliphatic rings. The zero-order valence-electron chi connectivity index (χ0n) is 12.6. The smallest absolute Gasteiger partial charge is 0.272 e. The summed E-state index contributed by atoms with van der Waals surface area (Å²) < 4.78 is 37.5. The molecule has 0 saturated heterocycles. The molecule has 0 radical (unpaired) electrons. The fraction of sp³-hybridized carbons (Fsp3) is 0.467. The number of halogens is 3. The van der Waals surface area contributed by atoms with E-state index in [9.17, 15) is 18.0 Å². The van der Waals surface area contributed by atoms with Crippen LogP contribution in [0.1, 0.15) is 31.4 Å². The van der Waals surface area contributed by atoms with E-state index in [0.717, 1.165) is 17.7 Å². The standard InChI is InChI=1S/C15H17F3N2O2/c1-14(2)19-12(13(21)20(14)22-3)9-6-10-4-7-11(8-5-10)15(16,17)18/h4-5,7-8H,6,9H2,1-3H3. The van der Waals surface area contributed by atoms with Crippen molar-refractivity contribution in [1.29, 1.82) is 0 Å². The number of rotatable bonds is 4. The van der Waals surface area contributed by atoms with Crippen molar-refractivity contribution in [3.8, 4) is 0 Å². The number of aryl methyl sites for hydroxylation is 1. The normalized spacial score (nSPS) is 17.8. The highest BCUT2D eigenvalue weighted by atomic mass is 19.4. The molecule has 1 aromatic rings. The van der Waals surface area contributed by atoms with E-state index in [2.05, 4.69) is 4.99 Å². The molecule has 2 rings (SSSR count). The first-order valence-corrected chi connectivity index (χ1v) is 6.78. The predicted octanol–water partition coefficient (Wildman–Crippen LogP) is 3.22. The van der Waals surface area contributed by atoms with Crippen LogP contribution in [-0.4, -0.2) is 29.5 Å². The molecular formula is C15H17F3N2O2. The zero-order chi connectivity index (χ0) is 16.5. The van der Waals surface area contributed by atoms with Crippen LogP contribution in [0, 0.1) is 0 Å². The summed E-state index contributed by atoms with van der Waals surface area (Å²) >= 11 is 0. The van der Waals surface area contributed by atoms with Gasteiger partial charge in [0.05, 0.1) is 12.7 Å². The van der Waals surface area contributed by atoms with Crippen LogP contribution in [0.25, 0.3) is 0 Å². The Labute approximate surface area is 126 Å². The second-order valence-corrected chi connectivity index (χ2v) is 5.53. The molecule has 0 aromatic heterocycles. The van der Waals surface area contributed by atoms with Crippen LogP contribution in [-0.2, 0) is 22.2 Å². The van der Waals surface area contributed by atoms with Crippen LogP contribution in [0.3, 0.4) is 0 Å². The summed E-state index contributed by atoms with van der Waals surface area (Å²) in [5.74, 6) is -0.306. The van der Waals surface area contributed by atoms with Crippen molar-refractivity contribution in [2.75, 3.05) is 7.11 Å². The van der Waals surface area contributed by atoms with Crippen molar-refractivity contribution in [1.82, 2.24) is 5.06 Å². The molecule has 1 amide bonds. The van der Waals surface area contributed by atoms with E-state index in [4.69, 9.17) is 4.84 Å². The maximum absolute atomic E-state index is 12.5. The van der Waals surface area contributed by atoms with Gasteiger partial charge in [-0.25, -0.2) is 0 Å². The maximum Gasteiger partial charge on any atom is 0.416 e. The van der Waals surface area contributed by atoms with Crippen LogP contribution >= 0.6 is 0 Å². The van der Waals surface area contributed by atoms with Gasteiger partial charge in [-0.15, -0.1) is 0 Å². The summed E-state index contributed by atoms with van der Waals surface area (Å²) in [6.45, 7) is 3.50. The lowest BCUT2D eigenvalue weighted by Gasteiger charge is -2.26. The van der Waals surface area contributed by atoms with E-state index in [1.165, 1.54) is 24.3 Å². The van der Waals surface area contributed by atoms with Gasteiger partial charge in [-0.3, -0.25) is 14.6 Å². The van der Waals surface area contributed by atoms with E-state index in [1.807, 2.05) is 0 Å². The van der Waals surface area contributed by atoms with Crippen molar-refractivity contribution in [3.63, 3.8) is 0 Å². The van der Waals surface area contributed by atoms with Crippen LogP contribution < -0.4 is 0 Å². The number of benzene rings is 1. The third kappa shape index (κ3) is 3.30. The highest BCUT2D eigenvalue weighted by Gasteiger charge is 2.40. The summed E-state index contributed by atoms with van der Waals surface area (Å²) in [6.07, 6.45) is -3.54. The molecule has 1 heterocycles. The van der Waals surface area contributed by atoms with Crippen molar-refractivity contribution < 1.29 is 22.8 Å². The minimum Gasteiger partial charge on any atom is -0.272 e. The lowest BCUT2D eigenvalue weighted by molar-refractivity contribution is -0.189. The highest BCUT2D eigenvalue weighted by molar-refractivity contribution is 6.40. The number of carbonyl (C=O) groups excluding carboxylic acids is 1. The van der Waals surface area contributed by atoms with E-state index < -0.39 is 17.4 Å². The van der Waals surface area contributed by atoms with Crippen molar-refractivity contribution in [2.45, 2.75) is 38.5 Å². The summed E-state index contributed by atoms with van der Waals surface area (Å²) in [7, 11) is 1.40. The molecule has 1 aromatic carbocycles. The molecule has 0 spiro atoms. The van der Waals surface area contributed by atoms with Crippen LogP contribution in [0.5, 0.6) is 0 Å². The first kappa shape index (κ1) is 16.5. The topological polar surface area (TPSA) is 41.9 Å². The van der Waals surface area contributed by atoms with Crippen molar-refractivity contribution >= 4 is 11.6 Å². The Morgan fingerprint density at radius 2 is 1.77 bits per heavy atom. The van der Waals surface area contributed by atoms with Crippen LogP contribution in [0.15, 0.2) is 29.3 Å². The number of hydroxylamine groups is 2. The fourth-order valence-corrected chi connectivity index (χ4v) is 2.38. The summed E-state index contributed by atoms with van der Waals surface area (Å²) in [6, 6.07) is 4.92. The van der Waals surface area contributed by atoms with Gasteiger partial charge in [0.15, 0.2) is 5.66 Å². The third-order valence-electron chi connectivity index (χ3n) is 3.45.